The molecule has 42 heavy (non-hydrogen) atoms. The first kappa shape index (κ1) is 31.5. The fraction of sp³-hybridized carbons (Fsp3) is 0.200. The number of aromatic nitrogens is 1. The molecule has 0 bridgehead atoms. The third-order valence-electron chi connectivity index (χ3n) is 5.17. The molecule has 17 heteroatoms. The van der Waals surface area contributed by atoms with Gasteiger partial charge in [-0.25, -0.2) is 18.2 Å². The van der Waals surface area contributed by atoms with Gasteiger partial charge in [-0.15, -0.1) is 10.1 Å². The first-order chi connectivity index (χ1) is 20.0. The Morgan fingerprint density at radius 2 is 1.81 bits per heavy atom. The lowest BCUT2D eigenvalue weighted by Gasteiger charge is -2.13. The number of carbonyl (C=O) groups is 2. The lowest BCUT2D eigenvalue weighted by molar-refractivity contribution is -0.768. The number of nitrogens with one attached hydrogen (secondary N) is 1. The van der Waals surface area contributed by atoms with E-state index in [4.69, 9.17) is 27.4 Å². The molecule has 0 aliphatic carbocycles. The van der Waals surface area contributed by atoms with Crippen LogP contribution in [0, 0.1) is 10.1 Å². The van der Waals surface area contributed by atoms with Crippen LogP contribution in [0.1, 0.15) is 30.1 Å². The van der Waals surface area contributed by atoms with Crippen molar-refractivity contribution in [2.24, 2.45) is 16.0 Å². The van der Waals surface area contributed by atoms with Crippen LogP contribution in [0.15, 0.2) is 82.0 Å². The standard InChI is InChI=1S/C25H24N6O9S2/c1-2-18(40-31(34)35)14-24(32)39-21-11-8-17(13-20(21)25(33)38-15-22(26)41)29-28-16-6-9-19(10-7-16)42(36,37)30-23-5-3-4-12-27-23/h3-13,18H,2,14-15H2,1H3,(H2,26,41)(H,27,30)/b29-28+. The molecule has 3 N–H and O–H groups in total. The molecule has 0 aliphatic rings. The lowest BCUT2D eigenvalue weighted by Crippen LogP contribution is -2.24. The number of nitrogens with two attached hydrogens (primary N) is 1. The Morgan fingerprint density at radius 1 is 1.12 bits per heavy atom. The van der Waals surface area contributed by atoms with Crippen molar-refractivity contribution in [2.75, 3.05) is 11.3 Å². The number of rotatable bonds is 14. The summed E-state index contributed by atoms with van der Waals surface area (Å²) in [5, 5.41) is 17.7. The number of hydrogen-bond acceptors (Lipinski definition) is 13. The fourth-order valence-corrected chi connectivity index (χ4v) is 4.27. The molecule has 1 aromatic heterocycles. The summed E-state index contributed by atoms with van der Waals surface area (Å²) < 4.78 is 37.8. The van der Waals surface area contributed by atoms with Gasteiger partial charge >= 0.3 is 11.9 Å². The van der Waals surface area contributed by atoms with Gasteiger partial charge in [0.1, 0.15) is 34.8 Å². The topological polar surface area (TPSA) is 215 Å². The van der Waals surface area contributed by atoms with Crippen LogP contribution in [0.3, 0.4) is 0 Å². The third kappa shape index (κ3) is 9.56. The average molecular weight is 617 g/mol. The summed E-state index contributed by atoms with van der Waals surface area (Å²) in [4.78, 5) is 43.9. The van der Waals surface area contributed by atoms with E-state index in [0.717, 1.165) is 0 Å². The van der Waals surface area contributed by atoms with E-state index in [2.05, 4.69) is 24.8 Å². The number of thiocarbonyl (C=S) groups is 1. The van der Waals surface area contributed by atoms with E-state index < -0.39 is 39.6 Å². The van der Waals surface area contributed by atoms with Gasteiger partial charge in [0.25, 0.3) is 15.1 Å². The number of sulfonamides is 1. The largest absolute Gasteiger partial charge is 0.455 e. The van der Waals surface area contributed by atoms with E-state index >= 15 is 0 Å². The number of nitrogens with zero attached hydrogens (tertiary/aromatic N) is 4. The SMILES string of the molecule is CCC(CC(=O)Oc1ccc(/N=N/c2ccc(S(=O)(=O)Nc3ccccn3)cc2)cc1C(=O)OCC(N)=S)O[N+](=O)[O-]. The number of azo groups is 1. The second kappa shape index (κ2) is 14.6. The van der Waals surface area contributed by atoms with Crippen LogP contribution in [-0.2, 0) is 24.4 Å². The third-order valence-corrected chi connectivity index (χ3v) is 6.66. The fourth-order valence-electron chi connectivity index (χ4n) is 3.20. The molecule has 1 atom stereocenters. The van der Waals surface area contributed by atoms with Crippen molar-refractivity contribution in [1.29, 1.82) is 0 Å². The Hall–Kier alpha value is -5.03. The number of esters is 2. The van der Waals surface area contributed by atoms with E-state index in [-0.39, 0.29) is 51.4 Å². The Balaban J connectivity index is 1.78. The predicted molar refractivity (Wildman–Crippen MR) is 152 cm³/mol. The van der Waals surface area contributed by atoms with Crippen LogP contribution in [0.25, 0.3) is 0 Å². The van der Waals surface area contributed by atoms with Gasteiger partial charge in [-0.05, 0) is 61.0 Å². The molecule has 1 heterocycles. The Bertz CT molecular complexity index is 1580. The molecule has 0 radical (unpaired) electrons. The summed E-state index contributed by atoms with van der Waals surface area (Å²) in [6.07, 6.45) is 0.111. The van der Waals surface area contributed by atoms with E-state index in [9.17, 15) is 28.1 Å². The van der Waals surface area contributed by atoms with Crippen molar-refractivity contribution in [3.8, 4) is 5.75 Å². The maximum absolute atomic E-state index is 12.7. The number of ether oxygens (including phenoxy) is 2. The maximum Gasteiger partial charge on any atom is 0.342 e. The van der Waals surface area contributed by atoms with Crippen molar-refractivity contribution in [3.63, 3.8) is 0 Å². The summed E-state index contributed by atoms with van der Waals surface area (Å²) in [5.74, 6) is -1.88. The lowest BCUT2D eigenvalue weighted by atomic mass is 10.1. The van der Waals surface area contributed by atoms with E-state index in [1.807, 2.05) is 0 Å². The molecule has 1 unspecified atom stereocenters. The second-order valence-corrected chi connectivity index (χ2v) is 10.5. The summed E-state index contributed by atoms with van der Waals surface area (Å²) in [6, 6.07) is 14.2. The molecule has 220 valence electrons. The number of anilines is 1. The molecule has 15 nitrogen and oxygen atoms in total. The minimum atomic E-state index is -3.89. The van der Waals surface area contributed by atoms with E-state index in [1.165, 1.54) is 54.7 Å². The minimum absolute atomic E-state index is 0.0324. The molecule has 0 spiro atoms. The zero-order valence-electron chi connectivity index (χ0n) is 21.9. The second-order valence-electron chi connectivity index (χ2n) is 8.27. The van der Waals surface area contributed by atoms with E-state index in [1.54, 1.807) is 19.1 Å². The Kier molecular flexibility index (Phi) is 10.9. The summed E-state index contributed by atoms with van der Waals surface area (Å²) in [6.45, 7) is 1.21. The molecular formula is C25H24N6O9S2. The molecule has 3 rings (SSSR count). The number of carbonyl (C=O) groups excluding carboxylic acids is 2. The number of benzene rings is 2. The van der Waals surface area contributed by atoms with E-state index in [0.29, 0.717) is 0 Å². The van der Waals surface area contributed by atoms with Crippen molar-refractivity contribution >= 4 is 56.4 Å². The van der Waals surface area contributed by atoms with Gasteiger partial charge in [0.05, 0.1) is 22.7 Å². The van der Waals surface area contributed by atoms with Gasteiger partial charge in [0.15, 0.2) is 0 Å². The highest BCUT2D eigenvalue weighted by Crippen LogP contribution is 2.28. The summed E-state index contributed by atoms with van der Waals surface area (Å²) in [7, 11) is -3.89. The molecular weight excluding hydrogens is 592 g/mol. The first-order valence-corrected chi connectivity index (χ1v) is 13.9. The van der Waals surface area contributed by atoms with Gasteiger partial charge in [0.2, 0.25) is 0 Å². The highest BCUT2D eigenvalue weighted by atomic mass is 32.2. The molecule has 0 saturated carbocycles. The van der Waals surface area contributed by atoms with Crippen LogP contribution in [0.5, 0.6) is 5.75 Å². The quantitative estimate of drug-likeness (QED) is 0.0656. The molecule has 3 aromatic rings. The molecule has 0 aliphatic heterocycles. The van der Waals surface area contributed by atoms with Crippen molar-refractivity contribution in [1.82, 2.24) is 4.98 Å². The van der Waals surface area contributed by atoms with Crippen molar-refractivity contribution in [2.45, 2.75) is 30.8 Å². The smallest absolute Gasteiger partial charge is 0.342 e. The van der Waals surface area contributed by atoms with Crippen molar-refractivity contribution < 1.29 is 37.4 Å². The van der Waals surface area contributed by atoms with Crippen LogP contribution in [0.2, 0.25) is 0 Å². The minimum Gasteiger partial charge on any atom is -0.455 e. The van der Waals surface area contributed by atoms with Gasteiger partial charge < -0.3 is 20.0 Å². The molecule has 2 aromatic carbocycles. The zero-order chi connectivity index (χ0) is 30.7. The maximum atomic E-state index is 12.7. The predicted octanol–water partition coefficient (Wildman–Crippen LogP) is 4.02. The van der Waals surface area contributed by atoms with Gasteiger partial charge in [0, 0.05) is 6.20 Å². The zero-order valence-corrected chi connectivity index (χ0v) is 23.5. The van der Waals surface area contributed by atoms with Crippen molar-refractivity contribution in [3.05, 3.63) is 82.5 Å². The highest BCUT2D eigenvalue weighted by molar-refractivity contribution is 7.92. The molecule has 0 saturated heterocycles. The highest BCUT2D eigenvalue weighted by Gasteiger charge is 2.22. The van der Waals surface area contributed by atoms with Gasteiger partial charge in [-0.1, -0.05) is 25.2 Å². The first-order valence-electron chi connectivity index (χ1n) is 12.0. The van der Waals surface area contributed by atoms with Crippen LogP contribution in [-0.4, -0.2) is 48.1 Å². The number of pyridine rings is 1. The number of hydrogen-bond donors (Lipinski definition) is 2. The monoisotopic (exact) mass is 616 g/mol. The average Bonchev–Trinajstić information content (AvgIpc) is 2.95. The molecule has 0 fully saturated rings. The van der Waals surface area contributed by atoms with Crippen LogP contribution >= 0.6 is 12.2 Å². The normalized spacial score (nSPS) is 11.8. The Morgan fingerprint density at radius 3 is 2.43 bits per heavy atom. The van der Waals surface area contributed by atoms with Gasteiger partial charge in [-0.3, -0.25) is 9.52 Å². The van der Waals surface area contributed by atoms with Crippen LogP contribution < -0.4 is 15.2 Å². The van der Waals surface area contributed by atoms with Gasteiger partial charge in [-0.2, -0.15) is 10.2 Å². The summed E-state index contributed by atoms with van der Waals surface area (Å²) >= 11 is 4.72. The van der Waals surface area contributed by atoms with Crippen LogP contribution in [0.4, 0.5) is 17.2 Å². The summed E-state index contributed by atoms with van der Waals surface area (Å²) in [5.41, 5.74) is 5.60. The molecule has 0 amide bonds. The Labute approximate surface area is 244 Å².